The van der Waals surface area contributed by atoms with Crippen molar-refractivity contribution in [2.45, 2.75) is 12.3 Å². The van der Waals surface area contributed by atoms with Crippen molar-refractivity contribution < 1.29 is 23.2 Å². The summed E-state index contributed by atoms with van der Waals surface area (Å²) in [7, 11) is 0. The molecule has 0 N–H and O–H groups in total. The Labute approximate surface area is 127 Å². The smallest absolute Gasteiger partial charge is 0.229 e. The molecule has 6 heteroatoms. The summed E-state index contributed by atoms with van der Waals surface area (Å²) in [6.45, 7) is 1.29. The second kappa shape index (κ2) is 4.73. The molecule has 106 valence electrons. The lowest BCUT2D eigenvalue weighted by Crippen LogP contribution is -2.20. The molecule has 3 rings (SSSR count). The molecule has 21 heavy (non-hydrogen) atoms. The summed E-state index contributed by atoms with van der Waals surface area (Å²) in [6, 6.07) is 3.39. The number of halogens is 2. The highest BCUT2D eigenvalue weighted by atomic mass is 79.9. The van der Waals surface area contributed by atoms with Crippen LogP contribution in [0.5, 0.6) is 0 Å². The Bertz CT molecular complexity index is 819. The Hall–Kier alpha value is -2.08. The summed E-state index contributed by atoms with van der Waals surface area (Å²) in [4.78, 5) is 36.5. The van der Waals surface area contributed by atoms with Crippen molar-refractivity contribution >= 4 is 33.3 Å². The minimum atomic E-state index is -0.614. The van der Waals surface area contributed by atoms with E-state index in [4.69, 9.17) is 4.42 Å². The topological polar surface area (TPSA) is 64.3 Å². The predicted octanol–water partition coefficient (Wildman–Crippen LogP) is 3.29. The lowest BCUT2D eigenvalue weighted by Gasteiger charge is -2.13. The molecule has 1 aliphatic rings. The van der Waals surface area contributed by atoms with Crippen molar-refractivity contribution in [2.75, 3.05) is 0 Å². The molecule has 0 saturated carbocycles. The third kappa shape index (κ3) is 1.90. The summed E-state index contributed by atoms with van der Waals surface area (Å²) in [5, 5.41) is 0.205. The number of fused-ring (bicyclic) bond motifs is 2. The summed E-state index contributed by atoms with van der Waals surface area (Å²) >= 11 is 3.20. The van der Waals surface area contributed by atoms with Crippen LogP contribution < -0.4 is 0 Å². The van der Waals surface area contributed by atoms with Gasteiger partial charge < -0.3 is 4.42 Å². The largest absolute Gasteiger partial charge is 0.448 e. The van der Waals surface area contributed by atoms with Crippen molar-refractivity contribution in [3.63, 3.8) is 0 Å². The molecule has 1 heterocycles. The van der Waals surface area contributed by atoms with E-state index < -0.39 is 17.4 Å². The van der Waals surface area contributed by atoms with E-state index in [1.165, 1.54) is 13.0 Å². The van der Waals surface area contributed by atoms with Crippen LogP contribution in [0.3, 0.4) is 0 Å². The molecule has 0 aliphatic heterocycles. The predicted molar refractivity (Wildman–Crippen MR) is 74.6 cm³/mol. The van der Waals surface area contributed by atoms with Crippen LogP contribution in [0.2, 0.25) is 0 Å². The fourth-order valence-electron chi connectivity index (χ4n) is 2.44. The standard InChI is InChI=1S/C15H8BrFO4/c1-6(18)14-10(5-16)11-12(19)8-3-2-7(17)4-9(8)13(20)15(11)21-14/h2-4H,5H2,1H3. The van der Waals surface area contributed by atoms with Gasteiger partial charge in [-0.1, -0.05) is 15.9 Å². The van der Waals surface area contributed by atoms with E-state index in [9.17, 15) is 18.8 Å². The van der Waals surface area contributed by atoms with Gasteiger partial charge in [0.2, 0.25) is 5.78 Å². The Kier molecular flexibility index (Phi) is 3.13. The first-order valence-electron chi connectivity index (χ1n) is 6.07. The first kappa shape index (κ1) is 13.9. The Morgan fingerprint density at radius 2 is 1.95 bits per heavy atom. The zero-order valence-electron chi connectivity index (χ0n) is 10.8. The van der Waals surface area contributed by atoms with Crippen molar-refractivity contribution in [1.82, 2.24) is 0 Å². The monoisotopic (exact) mass is 350 g/mol. The van der Waals surface area contributed by atoms with E-state index in [0.29, 0.717) is 5.56 Å². The molecule has 2 aromatic rings. The third-order valence-corrected chi connectivity index (χ3v) is 3.93. The van der Waals surface area contributed by atoms with Gasteiger partial charge in [0, 0.05) is 28.9 Å². The minimum absolute atomic E-state index is 0.0214. The maximum atomic E-state index is 13.3. The van der Waals surface area contributed by atoms with Gasteiger partial charge in [-0.25, -0.2) is 4.39 Å². The molecular weight excluding hydrogens is 343 g/mol. The quantitative estimate of drug-likeness (QED) is 0.525. The van der Waals surface area contributed by atoms with Gasteiger partial charge >= 0.3 is 0 Å². The van der Waals surface area contributed by atoms with E-state index in [0.717, 1.165) is 12.1 Å². The summed E-state index contributed by atoms with van der Waals surface area (Å²) < 4.78 is 18.6. The van der Waals surface area contributed by atoms with Crippen LogP contribution in [0.15, 0.2) is 22.6 Å². The molecule has 0 fully saturated rings. The average Bonchev–Trinajstić information content (AvgIpc) is 2.84. The molecule has 0 radical (unpaired) electrons. The third-order valence-electron chi connectivity index (χ3n) is 3.36. The lowest BCUT2D eigenvalue weighted by molar-refractivity contribution is 0.0947. The summed E-state index contributed by atoms with van der Waals surface area (Å²) in [5.41, 5.74) is 0.511. The maximum absolute atomic E-state index is 13.3. The van der Waals surface area contributed by atoms with Crippen LogP contribution in [-0.4, -0.2) is 17.3 Å². The lowest BCUT2D eigenvalue weighted by atomic mass is 9.86. The minimum Gasteiger partial charge on any atom is -0.448 e. The van der Waals surface area contributed by atoms with Gasteiger partial charge in [-0.05, 0) is 18.2 Å². The number of alkyl halides is 1. The molecule has 0 unspecified atom stereocenters. The van der Waals surface area contributed by atoms with Crippen LogP contribution in [0.1, 0.15) is 55.1 Å². The first-order chi connectivity index (χ1) is 9.95. The number of rotatable bonds is 2. The number of benzene rings is 1. The van der Waals surface area contributed by atoms with Crippen LogP contribution in [0.4, 0.5) is 4.39 Å². The van der Waals surface area contributed by atoms with Crippen molar-refractivity contribution in [3.05, 3.63) is 57.8 Å². The number of Topliss-reactive ketones (excluding diaryl/α,β-unsaturated/α-hetero) is 1. The molecule has 1 aliphatic carbocycles. The van der Waals surface area contributed by atoms with Gasteiger partial charge in [0.15, 0.2) is 23.1 Å². The summed E-state index contributed by atoms with van der Waals surface area (Å²) in [6.07, 6.45) is 0. The number of hydrogen-bond acceptors (Lipinski definition) is 4. The molecule has 4 nitrogen and oxygen atoms in total. The molecule has 0 amide bonds. The Morgan fingerprint density at radius 1 is 1.24 bits per heavy atom. The second-order valence-electron chi connectivity index (χ2n) is 4.65. The number of hydrogen-bond donors (Lipinski definition) is 0. The Morgan fingerprint density at radius 3 is 2.57 bits per heavy atom. The fourth-order valence-corrected chi connectivity index (χ4v) is 2.97. The summed E-state index contributed by atoms with van der Waals surface area (Å²) in [5.74, 6) is -2.24. The van der Waals surface area contributed by atoms with Crippen LogP contribution in [0, 0.1) is 5.82 Å². The van der Waals surface area contributed by atoms with E-state index in [-0.39, 0.29) is 39.3 Å². The van der Waals surface area contributed by atoms with Gasteiger partial charge in [0.25, 0.3) is 0 Å². The van der Waals surface area contributed by atoms with Crippen molar-refractivity contribution in [2.24, 2.45) is 0 Å². The number of carbonyl (C=O) groups excluding carboxylic acids is 3. The maximum Gasteiger partial charge on any atom is 0.229 e. The van der Waals surface area contributed by atoms with Gasteiger partial charge in [-0.15, -0.1) is 0 Å². The van der Waals surface area contributed by atoms with E-state index in [1.54, 1.807) is 0 Å². The molecule has 1 aromatic carbocycles. The molecule has 0 spiro atoms. The van der Waals surface area contributed by atoms with Crippen LogP contribution in [-0.2, 0) is 5.33 Å². The zero-order valence-corrected chi connectivity index (χ0v) is 12.4. The van der Waals surface area contributed by atoms with Crippen LogP contribution >= 0.6 is 15.9 Å². The molecule has 1 aromatic heterocycles. The van der Waals surface area contributed by atoms with E-state index in [1.807, 2.05) is 0 Å². The highest BCUT2D eigenvalue weighted by molar-refractivity contribution is 9.08. The number of carbonyl (C=O) groups is 3. The van der Waals surface area contributed by atoms with Crippen LogP contribution in [0.25, 0.3) is 0 Å². The molecular formula is C15H8BrFO4. The highest BCUT2D eigenvalue weighted by Crippen LogP contribution is 2.34. The molecule has 0 saturated heterocycles. The highest BCUT2D eigenvalue weighted by Gasteiger charge is 2.37. The molecule has 0 atom stereocenters. The number of ketones is 3. The fraction of sp³-hybridized carbons (Fsp3) is 0.133. The average molecular weight is 351 g/mol. The van der Waals surface area contributed by atoms with E-state index >= 15 is 0 Å². The van der Waals surface area contributed by atoms with Gasteiger partial charge in [0.1, 0.15) is 5.82 Å². The second-order valence-corrected chi connectivity index (χ2v) is 5.21. The van der Waals surface area contributed by atoms with Crippen molar-refractivity contribution in [3.8, 4) is 0 Å². The number of furan rings is 1. The Balaban J connectivity index is 2.33. The first-order valence-corrected chi connectivity index (χ1v) is 7.19. The van der Waals surface area contributed by atoms with E-state index in [2.05, 4.69) is 15.9 Å². The van der Waals surface area contributed by atoms with Gasteiger partial charge in [-0.3, -0.25) is 14.4 Å². The SMILES string of the molecule is CC(=O)c1oc2c(c1CBr)C(=O)c1ccc(F)cc1C2=O. The zero-order chi connectivity index (χ0) is 15.3. The van der Waals surface area contributed by atoms with Gasteiger partial charge in [-0.2, -0.15) is 0 Å². The molecule has 0 bridgehead atoms. The van der Waals surface area contributed by atoms with Crippen molar-refractivity contribution in [1.29, 1.82) is 0 Å². The normalized spacial score (nSPS) is 13.1. The van der Waals surface area contributed by atoms with Gasteiger partial charge in [0.05, 0.1) is 5.56 Å².